The summed E-state index contributed by atoms with van der Waals surface area (Å²) in [6.07, 6.45) is 7.24. The van der Waals surface area contributed by atoms with E-state index in [4.69, 9.17) is 5.73 Å². The van der Waals surface area contributed by atoms with E-state index in [2.05, 4.69) is 11.6 Å². The largest absolute Gasteiger partial charge is 0.397 e. The summed E-state index contributed by atoms with van der Waals surface area (Å²) in [6, 6.07) is 2.45. The molecular formula is C13H21N3OS. The molecule has 0 spiro atoms. The zero-order valence-corrected chi connectivity index (χ0v) is 11.8. The van der Waals surface area contributed by atoms with Gasteiger partial charge in [-0.2, -0.15) is 11.8 Å². The van der Waals surface area contributed by atoms with Crippen molar-refractivity contribution >= 4 is 23.4 Å². The van der Waals surface area contributed by atoms with Crippen molar-refractivity contribution in [2.45, 2.75) is 38.3 Å². The molecule has 1 aromatic rings. The van der Waals surface area contributed by atoms with Gasteiger partial charge in [0.15, 0.2) is 0 Å². The van der Waals surface area contributed by atoms with E-state index < -0.39 is 0 Å². The van der Waals surface area contributed by atoms with Crippen molar-refractivity contribution in [3.05, 3.63) is 18.0 Å². The molecule has 3 N–H and O–H groups in total. The summed E-state index contributed by atoms with van der Waals surface area (Å²) < 4.78 is 2.02. The van der Waals surface area contributed by atoms with Crippen molar-refractivity contribution in [2.24, 2.45) is 0 Å². The van der Waals surface area contributed by atoms with Crippen molar-refractivity contribution in [1.82, 2.24) is 9.88 Å². The molecule has 0 aromatic carbocycles. The Morgan fingerprint density at radius 2 is 2.39 bits per heavy atom. The van der Waals surface area contributed by atoms with Crippen LogP contribution in [0.1, 0.15) is 42.7 Å². The maximum atomic E-state index is 12.2. The Morgan fingerprint density at radius 1 is 1.67 bits per heavy atom. The lowest BCUT2D eigenvalue weighted by Crippen LogP contribution is -2.34. The third-order valence-electron chi connectivity index (χ3n) is 3.18. The third-order valence-corrected chi connectivity index (χ3v) is 3.82. The predicted molar refractivity (Wildman–Crippen MR) is 77.0 cm³/mol. The molecule has 1 unspecified atom stereocenters. The number of hydrogen-bond donors (Lipinski definition) is 2. The molecule has 2 rings (SSSR count). The zero-order valence-electron chi connectivity index (χ0n) is 11.0. The lowest BCUT2D eigenvalue weighted by molar-refractivity contribution is 0.0930. The smallest absolute Gasteiger partial charge is 0.268 e. The van der Waals surface area contributed by atoms with Crippen LogP contribution in [0.3, 0.4) is 0 Å². The Morgan fingerprint density at radius 3 is 3.00 bits per heavy atom. The van der Waals surface area contributed by atoms with E-state index in [-0.39, 0.29) is 11.9 Å². The fourth-order valence-corrected chi connectivity index (χ4v) is 2.59. The second-order valence-electron chi connectivity index (χ2n) is 4.95. The van der Waals surface area contributed by atoms with Gasteiger partial charge >= 0.3 is 0 Å². The van der Waals surface area contributed by atoms with Crippen LogP contribution in [0.15, 0.2) is 12.3 Å². The molecule has 1 saturated carbocycles. The van der Waals surface area contributed by atoms with Crippen molar-refractivity contribution in [1.29, 1.82) is 0 Å². The van der Waals surface area contributed by atoms with Crippen LogP contribution in [-0.2, 0) is 0 Å². The lowest BCUT2D eigenvalue weighted by atomic mass is 10.2. The van der Waals surface area contributed by atoms with Gasteiger partial charge in [0.1, 0.15) is 5.69 Å². The maximum absolute atomic E-state index is 12.2. The van der Waals surface area contributed by atoms with Crippen LogP contribution in [-0.4, -0.2) is 28.5 Å². The number of thioether (sulfide) groups is 1. The number of nitrogens with zero attached hydrogens (tertiary/aromatic N) is 1. The first-order valence-corrected chi connectivity index (χ1v) is 7.78. The highest BCUT2D eigenvalue weighted by molar-refractivity contribution is 7.98. The number of nitrogens with two attached hydrogens (primary N) is 1. The van der Waals surface area contributed by atoms with Gasteiger partial charge in [0.05, 0.1) is 5.69 Å². The molecule has 1 atom stereocenters. The van der Waals surface area contributed by atoms with Gasteiger partial charge in [0, 0.05) is 18.3 Å². The number of carbonyl (C=O) groups excluding carboxylic acids is 1. The minimum Gasteiger partial charge on any atom is -0.397 e. The predicted octanol–water partition coefficient (Wildman–Crippen LogP) is 2.28. The average molecular weight is 267 g/mol. The number of anilines is 1. The average Bonchev–Trinajstić information content (AvgIpc) is 3.09. The van der Waals surface area contributed by atoms with Gasteiger partial charge in [-0.15, -0.1) is 0 Å². The molecule has 5 heteroatoms. The number of amides is 1. The molecule has 4 nitrogen and oxygen atoms in total. The van der Waals surface area contributed by atoms with E-state index in [0.717, 1.165) is 25.0 Å². The van der Waals surface area contributed by atoms with E-state index in [0.29, 0.717) is 17.4 Å². The van der Waals surface area contributed by atoms with Gasteiger partial charge in [0.2, 0.25) is 0 Å². The Hall–Kier alpha value is -1.10. The molecule has 1 amide bonds. The van der Waals surface area contributed by atoms with E-state index >= 15 is 0 Å². The molecule has 1 fully saturated rings. The van der Waals surface area contributed by atoms with E-state index in [1.807, 2.05) is 17.7 Å². The molecule has 1 heterocycles. The van der Waals surface area contributed by atoms with E-state index in [1.165, 1.54) is 0 Å². The molecule has 1 aliphatic carbocycles. The Bertz CT molecular complexity index is 426. The molecule has 0 saturated heterocycles. The monoisotopic (exact) mass is 267 g/mol. The normalized spacial score (nSPS) is 16.6. The van der Waals surface area contributed by atoms with Gasteiger partial charge in [-0.3, -0.25) is 4.79 Å². The summed E-state index contributed by atoms with van der Waals surface area (Å²) in [6.45, 7) is 2.04. The number of hydrogen-bond acceptors (Lipinski definition) is 3. The molecule has 100 valence electrons. The first kappa shape index (κ1) is 13.3. The van der Waals surface area contributed by atoms with E-state index in [1.54, 1.807) is 17.8 Å². The summed E-state index contributed by atoms with van der Waals surface area (Å²) in [5, 5.41) is 3.04. The summed E-state index contributed by atoms with van der Waals surface area (Å²) >= 11 is 1.80. The minimum atomic E-state index is -0.00722. The zero-order chi connectivity index (χ0) is 13.1. The number of aromatic nitrogens is 1. The van der Waals surface area contributed by atoms with Crippen LogP contribution in [0, 0.1) is 0 Å². The van der Waals surface area contributed by atoms with Gasteiger partial charge in [0.25, 0.3) is 5.91 Å². The highest BCUT2D eigenvalue weighted by Crippen LogP contribution is 2.37. The molecular weight excluding hydrogens is 246 g/mol. The lowest BCUT2D eigenvalue weighted by Gasteiger charge is -2.14. The van der Waals surface area contributed by atoms with Crippen LogP contribution in [0.4, 0.5) is 5.69 Å². The summed E-state index contributed by atoms with van der Waals surface area (Å²) in [4.78, 5) is 12.2. The number of carbonyl (C=O) groups is 1. The minimum absolute atomic E-state index is 0.00722. The summed E-state index contributed by atoms with van der Waals surface area (Å²) in [7, 11) is 0. The Labute approximate surface area is 112 Å². The van der Waals surface area contributed by atoms with Gasteiger partial charge < -0.3 is 15.6 Å². The van der Waals surface area contributed by atoms with Crippen LogP contribution in [0.25, 0.3) is 0 Å². The van der Waals surface area contributed by atoms with Crippen LogP contribution < -0.4 is 11.1 Å². The highest BCUT2D eigenvalue weighted by Gasteiger charge is 2.27. The maximum Gasteiger partial charge on any atom is 0.268 e. The number of rotatable bonds is 6. The number of nitrogens with one attached hydrogen (secondary N) is 1. The molecule has 18 heavy (non-hydrogen) atoms. The quantitative estimate of drug-likeness (QED) is 0.831. The molecule has 0 aliphatic heterocycles. The van der Waals surface area contributed by atoms with Crippen molar-refractivity contribution in [3.63, 3.8) is 0 Å². The Kier molecular flexibility index (Phi) is 4.22. The van der Waals surface area contributed by atoms with Crippen molar-refractivity contribution < 1.29 is 4.79 Å². The standard InChI is InChI=1S/C13H21N3OS/c1-9(5-6-18-2)15-13(17)12-7-10(14)8-16(12)11-3-4-11/h7-9,11H,3-6,14H2,1-2H3,(H,15,17). The van der Waals surface area contributed by atoms with E-state index in [9.17, 15) is 4.79 Å². The summed E-state index contributed by atoms with van der Waals surface area (Å²) in [5.74, 6) is 1.06. The summed E-state index contributed by atoms with van der Waals surface area (Å²) in [5.41, 5.74) is 7.16. The van der Waals surface area contributed by atoms with Crippen LogP contribution in [0.2, 0.25) is 0 Å². The fraction of sp³-hybridized carbons (Fsp3) is 0.615. The van der Waals surface area contributed by atoms with Crippen LogP contribution in [0.5, 0.6) is 0 Å². The third kappa shape index (κ3) is 3.22. The fourth-order valence-electron chi connectivity index (χ4n) is 2.00. The second-order valence-corrected chi connectivity index (χ2v) is 5.94. The van der Waals surface area contributed by atoms with Gasteiger partial charge in [-0.25, -0.2) is 0 Å². The first-order chi connectivity index (χ1) is 8.61. The first-order valence-electron chi connectivity index (χ1n) is 6.39. The Balaban J connectivity index is 1.99. The topological polar surface area (TPSA) is 60.1 Å². The molecule has 1 aromatic heterocycles. The van der Waals surface area contributed by atoms with Gasteiger partial charge in [-0.05, 0) is 44.3 Å². The van der Waals surface area contributed by atoms with Gasteiger partial charge in [-0.1, -0.05) is 0 Å². The molecule has 0 bridgehead atoms. The molecule has 1 aliphatic rings. The SMILES string of the molecule is CSCCC(C)NC(=O)c1cc(N)cn1C1CC1. The van der Waals surface area contributed by atoms with Crippen molar-refractivity contribution in [2.75, 3.05) is 17.7 Å². The van der Waals surface area contributed by atoms with Crippen molar-refractivity contribution in [3.8, 4) is 0 Å². The van der Waals surface area contributed by atoms with Crippen LogP contribution >= 0.6 is 11.8 Å². The number of nitrogen functional groups attached to an aromatic ring is 1. The molecule has 0 radical (unpaired) electrons. The highest BCUT2D eigenvalue weighted by atomic mass is 32.2. The second kappa shape index (κ2) is 5.69.